The molecule has 2 heterocycles. The molecule has 5 rings (SSSR count). The summed E-state index contributed by atoms with van der Waals surface area (Å²) in [6.07, 6.45) is 0. The highest BCUT2D eigenvalue weighted by Crippen LogP contribution is 2.30. The highest BCUT2D eigenvalue weighted by atomic mass is 32.2. The van der Waals surface area contributed by atoms with Crippen LogP contribution in [-0.2, 0) is 10.0 Å². The molecule has 0 aliphatic carbocycles. The molecule has 154 valence electrons. The van der Waals surface area contributed by atoms with Gasteiger partial charge in [0.15, 0.2) is 11.6 Å². The lowest BCUT2D eigenvalue weighted by Gasteiger charge is -2.19. The number of para-hydroxylation sites is 2. The average molecular weight is 430 g/mol. The Labute approximate surface area is 179 Å². The van der Waals surface area contributed by atoms with E-state index in [4.69, 9.17) is 0 Å². The van der Waals surface area contributed by atoms with Crippen LogP contribution in [0.25, 0.3) is 28.1 Å². The summed E-state index contributed by atoms with van der Waals surface area (Å²) < 4.78 is 29.5. The number of anilines is 1. The lowest BCUT2D eigenvalue weighted by atomic mass is 10.1. The number of benzene rings is 3. The van der Waals surface area contributed by atoms with Crippen LogP contribution >= 0.6 is 0 Å². The van der Waals surface area contributed by atoms with E-state index in [9.17, 15) is 8.42 Å². The first-order valence-corrected chi connectivity index (χ1v) is 11.2. The molecule has 7 nitrogen and oxygen atoms in total. The van der Waals surface area contributed by atoms with Gasteiger partial charge in [-0.2, -0.15) is 0 Å². The second-order valence-electron chi connectivity index (χ2n) is 7.26. The second kappa shape index (κ2) is 7.17. The summed E-state index contributed by atoms with van der Waals surface area (Å²) in [6, 6.07) is 23.8. The summed E-state index contributed by atoms with van der Waals surface area (Å²) in [4.78, 5) is 4.82. The van der Waals surface area contributed by atoms with Gasteiger partial charge >= 0.3 is 0 Å². The first kappa shape index (κ1) is 19.2. The molecule has 0 spiro atoms. The molecule has 0 fully saturated rings. The summed E-state index contributed by atoms with van der Waals surface area (Å²) in [5.74, 6) is 0.841. The van der Waals surface area contributed by atoms with Crippen molar-refractivity contribution in [2.75, 3.05) is 11.4 Å². The van der Waals surface area contributed by atoms with Gasteiger partial charge in [0.05, 0.1) is 15.9 Å². The Morgan fingerprint density at radius 2 is 1.52 bits per heavy atom. The van der Waals surface area contributed by atoms with Crippen LogP contribution < -0.4 is 4.31 Å². The molecule has 0 unspecified atom stereocenters. The minimum Gasteiger partial charge on any atom is -0.270 e. The van der Waals surface area contributed by atoms with E-state index >= 15 is 0 Å². The fraction of sp³-hybridized carbons (Fsp3) is 0.0870. The average Bonchev–Trinajstić information content (AvgIpc) is 3.24. The number of aryl methyl sites for hydroxylation is 1. The molecular formula is C23H19N5O2S. The molecule has 0 aliphatic rings. The van der Waals surface area contributed by atoms with E-state index in [1.165, 1.54) is 7.05 Å². The molecule has 5 aromatic rings. The molecule has 0 saturated heterocycles. The first-order valence-electron chi connectivity index (χ1n) is 9.72. The van der Waals surface area contributed by atoms with E-state index in [1.54, 1.807) is 30.3 Å². The molecule has 8 heteroatoms. The maximum atomic E-state index is 13.3. The molecule has 0 bridgehead atoms. The Bertz CT molecular complexity index is 1510. The summed E-state index contributed by atoms with van der Waals surface area (Å²) in [7, 11) is -2.34. The lowest BCUT2D eigenvalue weighted by molar-refractivity contribution is 0.594. The number of fused-ring (bicyclic) bond motifs is 3. The van der Waals surface area contributed by atoms with Gasteiger partial charge in [-0.25, -0.2) is 17.7 Å². The van der Waals surface area contributed by atoms with E-state index < -0.39 is 10.0 Å². The molecule has 31 heavy (non-hydrogen) atoms. The minimum absolute atomic E-state index is 0.184. The fourth-order valence-electron chi connectivity index (χ4n) is 3.53. The van der Waals surface area contributed by atoms with Crippen LogP contribution in [0.2, 0.25) is 0 Å². The van der Waals surface area contributed by atoms with Crippen LogP contribution in [0.1, 0.15) is 5.56 Å². The smallest absolute Gasteiger partial charge is 0.265 e. The number of hydrogen-bond acceptors (Lipinski definition) is 5. The minimum atomic E-state index is -3.82. The number of sulfonamides is 1. The van der Waals surface area contributed by atoms with Crippen molar-refractivity contribution in [3.8, 4) is 11.4 Å². The van der Waals surface area contributed by atoms with Crippen LogP contribution in [0.5, 0.6) is 0 Å². The summed E-state index contributed by atoms with van der Waals surface area (Å²) in [5.41, 5.74) is 3.84. The molecule has 0 amide bonds. The second-order valence-corrected chi connectivity index (χ2v) is 9.23. The van der Waals surface area contributed by atoms with E-state index in [0.29, 0.717) is 17.0 Å². The zero-order valence-electron chi connectivity index (χ0n) is 17.0. The maximum Gasteiger partial charge on any atom is 0.265 e. The van der Waals surface area contributed by atoms with E-state index in [2.05, 4.69) is 15.2 Å². The van der Waals surface area contributed by atoms with Gasteiger partial charge in [0.25, 0.3) is 10.0 Å². The van der Waals surface area contributed by atoms with Gasteiger partial charge in [-0.1, -0.05) is 60.2 Å². The third kappa shape index (κ3) is 3.12. The van der Waals surface area contributed by atoms with Crippen molar-refractivity contribution in [2.45, 2.75) is 11.8 Å². The molecular weight excluding hydrogens is 410 g/mol. The van der Waals surface area contributed by atoms with Gasteiger partial charge in [0.1, 0.15) is 0 Å². The van der Waals surface area contributed by atoms with Crippen LogP contribution in [0, 0.1) is 6.92 Å². The van der Waals surface area contributed by atoms with Crippen molar-refractivity contribution < 1.29 is 8.42 Å². The number of rotatable bonds is 4. The first-order chi connectivity index (χ1) is 15.0. The van der Waals surface area contributed by atoms with Gasteiger partial charge < -0.3 is 0 Å². The molecule has 0 N–H and O–H groups in total. The van der Waals surface area contributed by atoms with Crippen LogP contribution in [0.3, 0.4) is 0 Å². The van der Waals surface area contributed by atoms with Crippen molar-refractivity contribution in [1.82, 2.24) is 19.6 Å². The molecule has 0 radical (unpaired) electrons. The van der Waals surface area contributed by atoms with E-state index in [1.807, 2.05) is 59.9 Å². The SMILES string of the molecule is Cc1ccc(-c2nnc3c(N(C)S(=O)(=O)c4ccccc4)nc4ccccc4n23)cc1. The Morgan fingerprint density at radius 1 is 0.839 bits per heavy atom. The predicted molar refractivity (Wildman–Crippen MR) is 120 cm³/mol. The predicted octanol–water partition coefficient (Wildman–Crippen LogP) is 4.08. The Balaban J connectivity index is 1.79. The monoisotopic (exact) mass is 429 g/mol. The highest BCUT2D eigenvalue weighted by molar-refractivity contribution is 7.92. The van der Waals surface area contributed by atoms with Crippen LogP contribution in [0.4, 0.5) is 5.82 Å². The molecule has 0 saturated carbocycles. The molecule has 0 aliphatic heterocycles. The van der Waals surface area contributed by atoms with Gasteiger partial charge in [0.2, 0.25) is 5.65 Å². The third-order valence-corrected chi connectivity index (χ3v) is 6.98. The Morgan fingerprint density at radius 3 is 2.26 bits per heavy atom. The van der Waals surface area contributed by atoms with Crippen LogP contribution in [-0.4, -0.2) is 35.0 Å². The fourth-order valence-corrected chi connectivity index (χ4v) is 4.70. The van der Waals surface area contributed by atoms with Crippen molar-refractivity contribution in [2.24, 2.45) is 0 Å². The zero-order chi connectivity index (χ0) is 21.6. The Hall–Kier alpha value is -3.78. The largest absolute Gasteiger partial charge is 0.270 e. The van der Waals surface area contributed by atoms with Crippen LogP contribution in [0.15, 0.2) is 83.8 Å². The highest BCUT2D eigenvalue weighted by Gasteiger charge is 2.27. The molecule has 3 aromatic carbocycles. The standard InChI is InChI=1S/C23H19N5O2S/c1-16-12-14-17(15-13-16)21-25-26-23-22(24-19-10-6-7-11-20(19)28(21)23)27(2)31(29,30)18-8-4-3-5-9-18/h3-15H,1-2H3. The summed E-state index contributed by atoms with van der Waals surface area (Å²) >= 11 is 0. The number of nitrogens with zero attached hydrogens (tertiary/aromatic N) is 5. The molecule has 0 atom stereocenters. The van der Waals surface area contributed by atoms with Crippen molar-refractivity contribution in [1.29, 1.82) is 0 Å². The van der Waals surface area contributed by atoms with Gasteiger partial charge in [-0.05, 0) is 31.2 Å². The van der Waals surface area contributed by atoms with Gasteiger partial charge in [-0.3, -0.25) is 4.40 Å². The third-order valence-electron chi connectivity index (χ3n) is 5.22. The van der Waals surface area contributed by atoms with Crippen molar-refractivity contribution in [3.63, 3.8) is 0 Å². The summed E-state index contributed by atoms with van der Waals surface area (Å²) in [5, 5.41) is 8.73. The van der Waals surface area contributed by atoms with Gasteiger partial charge in [-0.15, -0.1) is 10.2 Å². The van der Waals surface area contributed by atoms with E-state index in [0.717, 1.165) is 20.9 Å². The Kier molecular flexibility index (Phi) is 4.44. The van der Waals surface area contributed by atoms with Crippen molar-refractivity contribution in [3.05, 3.63) is 84.4 Å². The lowest BCUT2D eigenvalue weighted by Crippen LogP contribution is -2.28. The quantitative estimate of drug-likeness (QED) is 0.430. The van der Waals surface area contributed by atoms with Gasteiger partial charge in [0, 0.05) is 12.6 Å². The maximum absolute atomic E-state index is 13.3. The van der Waals surface area contributed by atoms with Crippen molar-refractivity contribution >= 4 is 32.5 Å². The normalized spacial score (nSPS) is 11.8. The zero-order valence-corrected chi connectivity index (χ0v) is 17.8. The van der Waals surface area contributed by atoms with E-state index in [-0.39, 0.29) is 10.7 Å². The number of aromatic nitrogens is 4. The topological polar surface area (TPSA) is 80.5 Å². The number of hydrogen-bond donors (Lipinski definition) is 0. The summed E-state index contributed by atoms with van der Waals surface area (Å²) in [6.45, 7) is 2.02. The molecule has 2 aromatic heterocycles.